The predicted octanol–water partition coefficient (Wildman–Crippen LogP) is 3.97. The second-order valence-corrected chi connectivity index (χ2v) is 10.0. The highest BCUT2D eigenvalue weighted by Gasteiger charge is 2.28. The van der Waals surface area contributed by atoms with Crippen molar-refractivity contribution >= 4 is 32.5 Å². The fourth-order valence-electron chi connectivity index (χ4n) is 3.85. The number of nitrogen functional groups attached to an aromatic ring is 1. The number of urea groups is 1. The van der Waals surface area contributed by atoms with Crippen LogP contribution in [0, 0.1) is 5.92 Å². The molecule has 8 heteroatoms. The molecule has 0 spiro atoms. The van der Waals surface area contributed by atoms with Gasteiger partial charge in [-0.25, -0.2) is 18.2 Å². The summed E-state index contributed by atoms with van der Waals surface area (Å²) in [6.07, 6.45) is 1.80. The number of carbonyl (C=O) groups is 1. The molecule has 1 saturated heterocycles. The number of likely N-dealkylation sites (tertiary alicyclic amines) is 1. The maximum atomic E-state index is 13.3. The summed E-state index contributed by atoms with van der Waals surface area (Å²) < 4.78 is 26.5. The van der Waals surface area contributed by atoms with Crippen LogP contribution in [0.2, 0.25) is 0 Å². The lowest BCUT2D eigenvalue weighted by atomic mass is 10.00. The lowest BCUT2D eigenvalue weighted by Gasteiger charge is -2.34. The van der Waals surface area contributed by atoms with Gasteiger partial charge in [0.2, 0.25) is 0 Å². The molecule has 0 aliphatic carbocycles. The van der Waals surface area contributed by atoms with E-state index in [1.54, 1.807) is 47.4 Å². The lowest BCUT2D eigenvalue weighted by molar-refractivity contribution is 0.124. The van der Waals surface area contributed by atoms with Gasteiger partial charge in [0.25, 0.3) is 10.0 Å². The highest BCUT2D eigenvalue weighted by atomic mass is 32.2. The lowest BCUT2D eigenvalue weighted by Crippen LogP contribution is -2.53. The number of amides is 2. The Kier molecular flexibility index (Phi) is 6.34. The highest BCUT2D eigenvalue weighted by molar-refractivity contribution is 7.89. The van der Waals surface area contributed by atoms with Gasteiger partial charge in [-0.1, -0.05) is 49.4 Å². The van der Waals surface area contributed by atoms with Gasteiger partial charge < -0.3 is 10.6 Å². The predicted molar refractivity (Wildman–Crippen MR) is 126 cm³/mol. The molecule has 0 radical (unpaired) electrons. The summed E-state index contributed by atoms with van der Waals surface area (Å²) in [4.78, 5) is 17.6. The number of nitrogens with zero attached hydrogens (tertiary/aromatic N) is 2. The van der Waals surface area contributed by atoms with Crippen molar-refractivity contribution in [2.75, 3.05) is 18.8 Å². The fourth-order valence-corrected chi connectivity index (χ4v) is 4.91. The molecule has 4 rings (SSSR count). The first-order chi connectivity index (χ1) is 15.3. The number of piperidine rings is 1. The number of hydrazine groups is 1. The first-order valence-corrected chi connectivity index (χ1v) is 12.2. The van der Waals surface area contributed by atoms with E-state index in [2.05, 4.69) is 11.8 Å². The average molecular weight is 453 g/mol. The molecule has 1 aliphatic rings. The van der Waals surface area contributed by atoms with E-state index in [1.807, 2.05) is 24.3 Å². The minimum atomic E-state index is -3.97. The van der Waals surface area contributed by atoms with Crippen molar-refractivity contribution in [2.45, 2.75) is 31.2 Å². The van der Waals surface area contributed by atoms with Crippen molar-refractivity contribution in [2.24, 2.45) is 5.92 Å². The summed E-state index contributed by atoms with van der Waals surface area (Å²) in [7, 11) is -3.97. The Balaban J connectivity index is 1.61. The standard InChI is InChI=1S/C24H28N4O3S/c1-18-12-14-27(15-13-18)24(29)28(17-19-6-9-22(25)10-7-19)26-32(30,31)23-11-8-20-4-2-3-5-21(20)16-23/h2-11,16,18,26H,12-15,17,25H2,1H3. The van der Waals surface area contributed by atoms with Crippen molar-refractivity contribution in [3.63, 3.8) is 0 Å². The summed E-state index contributed by atoms with van der Waals surface area (Å²) in [6.45, 7) is 3.47. The second kappa shape index (κ2) is 9.18. The molecule has 1 heterocycles. The van der Waals surface area contributed by atoms with Gasteiger partial charge in [-0.3, -0.25) is 0 Å². The molecule has 0 atom stereocenters. The van der Waals surface area contributed by atoms with E-state index in [0.717, 1.165) is 29.2 Å². The Morgan fingerprint density at radius 2 is 1.69 bits per heavy atom. The van der Waals surface area contributed by atoms with Gasteiger partial charge in [-0.05, 0) is 59.4 Å². The number of sulfonamides is 1. The fraction of sp³-hybridized carbons (Fsp3) is 0.292. The van der Waals surface area contributed by atoms with Crippen LogP contribution in [-0.2, 0) is 16.6 Å². The zero-order valence-corrected chi connectivity index (χ0v) is 18.9. The first kappa shape index (κ1) is 22.1. The third-order valence-electron chi connectivity index (χ3n) is 5.87. The van der Waals surface area contributed by atoms with Crippen LogP contribution >= 0.6 is 0 Å². The Morgan fingerprint density at radius 1 is 1.03 bits per heavy atom. The van der Waals surface area contributed by atoms with Crippen LogP contribution in [0.4, 0.5) is 10.5 Å². The summed E-state index contributed by atoms with van der Waals surface area (Å²) >= 11 is 0. The topological polar surface area (TPSA) is 95.7 Å². The van der Waals surface area contributed by atoms with Crippen LogP contribution in [0.15, 0.2) is 71.6 Å². The molecule has 32 heavy (non-hydrogen) atoms. The molecule has 0 unspecified atom stereocenters. The molecular weight excluding hydrogens is 424 g/mol. The zero-order chi connectivity index (χ0) is 22.7. The Hall–Kier alpha value is -3.10. The van der Waals surface area contributed by atoms with Crippen molar-refractivity contribution < 1.29 is 13.2 Å². The van der Waals surface area contributed by atoms with Gasteiger partial charge in [-0.2, -0.15) is 0 Å². The smallest absolute Gasteiger partial charge is 0.335 e. The molecule has 3 aromatic carbocycles. The van der Waals surface area contributed by atoms with Gasteiger partial charge in [-0.15, -0.1) is 4.83 Å². The molecule has 3 N–H and O–H groups in total. The number of hydrogen-bond donors (Lipinski definition) is 2. The van der Waals surface area contributed by atoms with E-state index in [9.17, 15) is 13.2 Å². The number of anilines is 1. The molecule has 0 aromatic heterocycles. The third kappa shape index (κ3) is 5.03. The van der Waals surface area contributed by atoms with Gasteiger partial charge in [0.05, 0.1) is 11.4 Å². The summed E-state index contributed by atoms with van der Waals surface area (Å²) in [5.74, 6) is 0.555. The van der Waals surface area contributed by atoms with Crippen molar-refractivity contribution in [3.8, 4) is 0 Å². The van der Waals surface area contributed by atoms with Crippen molar-refractivity contribution in [3.05, 3.63) is 72.3 Å². The summed E-state index contributed by atoms with van der Waals surface area (Å²) in [6, 6.07) is 19.2. The molecule has 1 fully saturated rings. The van der Waals surface area contributed by atoms with E-state index in [1.165, 1.54) is 5.01 Å². The van der Waals surface area contributed by atoms with Crippen LogP contribution in [0.25, 0.3) is 10.8 Å². The van der Waals surface area contributed by atoms with Crippen LogP contribution in [0.3, 0.4) is 0 Å². The number of carbonyl (C=O) groups excluding carboxylic acids is 1. The van der Waals surface area contributed by atoms with Crippen molar-refractivity contribution in [1.82, 2.24) is 14.7 Å². The normalized spacial score (nSPS) is 15.1. The van der Waals surface area contributed by atoms with E-state index < -0.39 is 10.0 Å². The molecule has 0 saturated carbocycles. The Labute approximate surface area is 188 Å². The minimum Gasteiger partial charge on any atom is -0.399 e. The van der Waals surface area contributed by atoms with Gasteiger partial charge >= 0.3 is 6.03 Å². The SMILES string of the molecule is CC1CCN(C(=O)N(Cc2ccc(N)cc2)NS(=O)(=O)c2ccc3ccccc3c2)CC1. The maximum Gasteiger partial charge on any atom is 0.335 e. The average Bonchev–Trinajstić information content (AvgIpc) is 2.79. The number of hydrogen-bond acceptors (Lipinski definition) is 4. The Morgan fingerprint density at radius 3 is 2.38 bits per heavy atom. The molecule has 168 valence electrons. The number of benzene rings is 3. The van der Waals surface area contributed by atoms with Crippen LogP contribution in [0.5, 0.6) is 0 Å². The maximum absolute atomic E-state index is 13.3. The van der Waals surface area contributed by atoms with E-state index in [-0.39, 0.29) is 17.5 Å². The number of fused-ring (bicyclic) bond motifs is 1. The van der Waals surface area contributed by atoms with Gasteiger partial charge in [0, 0.05) is 18.8 Å². The molecule has 1 aliphatic heterocycles. The molecular formula is C24H28N4O3S. The monoisotopic (exact) mass is 452 g/mol. The second-order valence-electron chi connectivity index (χ2n) is 8.38. The van der Waals surface area contributed by atoms with Crippen LogP contribution in [0.1, 0.15) is 25.3 Å². The molecule has 0 bridgehead atoms. The summed E-state index contributed by atoms with van der Waals surface area (Å²) in [5.41, 5.74) is 7.15. The third-order valence-corrected chi connectivity index (χ3v) is 7.20. The number of nitrogens with one attached hydrogen (secondary N) is 1. The molecule has 2 amide bonds. The quantitative estimate of drug-likeness (QED) is 0.452. The highest BCUT2D eigenvalue weighted by Crippen LogP contribution is 2.21. The van der Waals surface area contributed by atoms with Gasteiger partial charge in [0.1, 0.15) is 0 Å². The van der Waals surface area contributed by atoms with Crippen molar-refractivity contribution in [1.29, 1.82) is 0 Å². The van der Waals surface area contributed by atoms with Crippen LogP contribution < -0.4 is 10.6 Å². The number of rotatable bonds is 5. The van der Waals surface area contributed by atoms with E-state index in [0.29, 0.717) is 24.7 Å². The molecule has 7 nitrogen and oxygen atoms in total. The zero-order valence-electron chi connectivity index (χ0n) is 18.1. The Bertz CT molecular complexity index is 1200. The largest absolute Gasteiger partial charge is 0.399 e. The van der Waals surface area contributed by atoms with Crippen LogP contribution in [-0.4, -0.2) is 37.4 Å². The van der Waals surface area contributed by atoms with E-state index >= 15 is 0 Å². The van der Waals surface area contributed by atoms with E-state index in [4.69, 9.17) is 5.73 Å². The first-order valence-electron chi connectivity index (χ1n) is 10.7. The summed E-state index contributed by atoms with van der Waals surface area (Å²) in [5, 5.41) is 2.95. The minimum absolute atomic E-state index is 0.0952. The number of nitrogens with two attached hydrogens (primary N) is 1. The molecule has 3 aromatic rings. The van der Waals surface area contributed by atoms with Gasteiger partial charge in [0.15, 0.2) is 0 Å².